The highest BCUT2D eigenvalue weighted by molar-refractivity contribution is 4.76. The Morgan fingerprint density at radius 2 is 1.83 bits per heavy atom. The van der Waals surface area contributed by atoms with Gasteiger partial charge in [-0.15, -0.1) is 0 Å². The van der Waals surface area contributed by atoms with Crippen LogP contribution in [0, 0.1) is 17.8 Å². The number of rotatable bonds is 6. The first kappa shape index (κ1) is 10.0. The molecule has 1 heteroatoms. The van der Waals surface area contributed by atoms with Gasteiger partial charge in [0.25, 0.3) is 0 Å². The summed E-state index contributed by atoms with van der Waals surface area (Å²) in [4.78, 5) is 0. The molecule has 1 aliphatic rings. The molecule has 1 fully saturated rings. The van der Waals surface area contributed by atoms with Crippen LogP contribution in [0.4, 0.5) is 0 Å². The summed E-state index contributed by atoms with van der Waals surface area (Å²) in [6, 6.07) is 0. The summed E-state index contributed by atoms with van der Waals surface area (Å²) in [5.74, 6) is 2.76. The van der Waals surface area contributed by atoms with Crippen LogP contribution in [0.15, 0.2) is 0 Å². The number of nitrogens with one attached hydrogen (secondary N) is 1. The van der Waals surface area contributed by atoms with Crippen molar-refractivity contribution in [1.29, 1.82) is 0 Å². The van der Waals surface area contributed by atoms with E-state index in [1.54, 1.807) is 0 Å². The Labute approximate surface area is 76.9 Å². The quantitative estimate of drug-likeness (QED) is 0.644. The van der Waals surface area contributed by atoms with Crippen LogP contribution in [-0.2, 0) is 0 Å². The molecular weight excluding hydrogens is 146 g/mol. The van der Waals surface area contributed by atoms with Gasteiger partial charge in [0.05, 0.1) is 0 Å². The third-order valence-electron chi connectivity index (χ3n) is 2.48. The van der Waals surface area contributed by atoms with Crippen molar-refractivity contribution in [2.75, 3.05) is 13.1 Å². The molecule has 12 heavy (non-hydrogen) atoms. The largest absolute Gasteiger partial charge is 0.316 e. The van der Waals surface area contributed by atoms with Gasteiger partial charge in [-0.25, -0.2) is 0 Å². The van der Waals surface area contributed by atoms with Gasteiger partial charge in [0.15, 0.2) is 0 Å². The molecule has 72 valence electrons. The molecule has 0 aromatic carbocycles. The van der Waals surface area contributed by atoms with Gasteiger partial charge in [-0.2, -0.15) is 0 Å². The molecule has 0 heterocycles. The maximum absolute atomic E-state index is 3.52. The minimum Gasteiger partial charge on any atom is -0.316 e. The molecule has 1 nitrogen and oxygen atoms in total. The van der Waals surface area contributed by atoms with Gasteiger partial charge >= 0.3 is 0 Å². The van der Waals surface area contributed by atoms with Gasteiger partial charge in [0.2, 0.25) is 0 Å². The molecule has 1 atom stereocenters. The lowest BCUT2D eigenvalue weighted by Crippen LogP contribution is -2.25. The van der Waals surface area contributed by atoms with E-state index in [0.717, 1.165) is 17.8 Å². The monoisotopic (exact) mass is 169 g/mol. The highest BCUT2D eigenvalue weighted by Gasteiger charge is 2.23. The van der Waals surface area contributed by atoms with Crippen molar-refractivity contribution < 1.29 is 0 Å². The van der Waals surface area contributed by atoms with Gasteiger partial charge in [-0.3, -0.25) is 0 Å². The van der Waals surface area contributed by atoms with Crippen LogP contribution < -0.4 is 5.32 Å². The van der Waals surface area contributed by atoms with E-state index in [-0.39, 0.29) is 0 Å². The molecule has 1 N–H and O–H groups in total. The van der Waals surface area contributed by atoms with Crippen LogP contribution in [0.2, 0.25) is 0 Å². The second-order valence-electron chi connectivity index (χ2n) is 4.84. The topological polar surface area (TPSA) is 12.0 Å². The molecule has 0 bridgehead atoms. The second kappa shape index (κ2) is 4.86. The Hall–Kier alpha value is -0.0400. The van der Waals surface area contributed by atoms with Crippen LogP contribution >= 0.6 is 0 Å². The summed E-state index contributed by atoms with van der Waals surface area (Å²) >= 11 is 0. The Kier molecular flexibility index (Phi) is 4.07. The lowest BCUT2D eigenvalue weighted by molar-refractivity contribution is 0.436. The third-order valence-corrected chi connectivity index (χ3v) is 2.48. The smallest absolute Gasteiger partial charge is 0.00229 e. The molecule has 1 saturated carbocycles. The van der Waals surface area contributed by atoms with E-state index in [1.165, 1.54) is 32.4 Å². The van der Waals surface area contributed by atoms with Crippen molar-refractivity contribution in [3.05, 3.63) is 0 Å². The Morgan fingerprint density at radius 3 is 2.33 bits per heavy atom. The van der Waals surface area contributed by atoms with Crippen molar-refractivity contribution in [2.45, 2.75) is 40.0 Å². The molecule has 0 aromatic rings. The Morgan fingerprint density at radius 1 is 1.17 bits per heavy atom. The van der Waals surface area contributed by atoms with E-state index in [4.69, 9.17) is 0 Å². The molecule has 1 aliphatic carbocycles. The molecule has 1 rings (SSSR count). The standard InChI is InChI=1S/C11H23N/c1-9(2)7-12-8-10(3)6-11-4-5-11/h9-12H,4-8H2,1-3H3. The fraction of sp³-hybridized carbons (Fsp3) is 1.00. The van der Waals surface area contributed by atoms with E-state index in [0.29, 0.717) is 0 Å². The van der Waals surface area contributed by atoms with Crippen molar-refractivity contribution in [1.82, 2.24) is 5.32 Å². The second-order valence-corrected chi connectivity index (χ2v) is 4.84. The molecule has 1 unspecified atom stereocenters. The van der Waals surface area contributed by atoms with Crippen LogP contribution in [0.25, 0.3) is 0 Å². The van der Waals surface area contributed by atoms with E-state index in [2.05, 4.69) is 26.1 Å². The number of hydrogen-bond donors (Lipinski definition) is 1. The summed E-state index contributed by atoms with van der Waals surface area (Å²) in [5, 5.41) is 3.52. The average Bonchev–Trinajstić information content (AvgIpc) is 2.70. The van der Waals surface area contributed by atoms with Gasteiger partial charge in [-0.1, -0.05) is 33.6 Å². The summed E-state index contributed by atoms with van der Waals surface area (Å²) < 4.78 is 0. The molecule has 0 amide bonds. The SMILES string of the molecule is CC(C)CNCC(C)CC1CC1. The minimum absolute atomic E-state index is 0.790. The molecular formula is C11H23N. The third kappa shape index (κ3) is 4.76. The van der Waals surface area contributed by atoms with Crippen molar-refractivity contribution in [2.24, 2.45) is 17.8 Å². The van der Waals surface area contributed by atoms with Gasteiger partial charge in [-0.05, 0) is 37.3 Å². The molecule has 0 aromatic heterocycles. The minimum atomic E-state index is 0.790. The van der Waals surface area contributed by atoms with E-state index < -0.39 is 0 Å². The van der Waals surface area contributed by atoms with Crippen molar-refractivity contribution >= 4 is 0 Å². The molecule has 0 aliphatic heterocycles. The Bertz CT molecular complexity index is 116. The number of hydrogen-bond acceptors (Lipinski definition) is 1. The zero-order valence-corrected chi connectivity index (χ0v) is 8.77. The zero-order valence-electron chi connectivity index (χ0n) is 8.77. The molecule has 0 radical (unpaired) electrons. The zero-order chi connectivity index (χ0) is 8.97. The fourth-order valence-corrected chi connectivity index (χ4v) is 1.62. The van der Waals surface area contributed by atoms with E-state index in [1.807, 2.05) is 0 Å². The van der Waals surface area contributed by atoms with Gasteiger partial charge < -0.3 is 5.32 Å². The summed E-state index contributed by atoms with van der Waals surface area (Å²) in [5.41, 5.74) is 0. The molecule has 0 saturated heterocycles. The van der Waals surface area contributed by atoms with Crippen LogP contribution in [0.1, 0.15) is 40.0 Å². The highest BCUT2D eigenvalue weighted by Crippen LogP contribution is 2.34. The van der Waals surface area contributed by atoms with Crippen LogP contribution in [0.3, 0.4) is 0 Å². The summed E-state index contributed by atoms with van der Waals surface area (Å²) in [6.07, 6.45) is 4.44. The lowest BCUT2D eigenvalue weighted by atomic mass is 10.0. The van der Waals surface area contributed by atoms with Crippen LogP contribution in [0.5, 0.6) is 0 Å². The predicted octanol–water partition coefficient (Wildman–Crippen LogP) is 2.67. The van der Waals surface area contributed by atoms with Gasteiger partial charge in [0, 0.05) is 0 Å². The van der Waals surface area contributed by atoms with Crippen LogP contribution in [-0.4, -0.2) is 13.1 Å². The first-order valence-electron chi connectivity index (χ1n) is 5.39. The first-order valence-corrected chi connectivity index (χ1v) is 5.39. The lowest BCUT2D eigenvalue weighted by Gasteiger charge is -2.13. The Balaban J connectivity index is 1.90. The fourth-order valence-electron chi connectivity index (χ4n) is 1.62. The summed E-state index contributed by atoms with van der Waals surface area (Å²) in [6.45, 7) is 9.28. The van der Waals surface area contributed by atoms with E-state index in [9.17, 15) is 0 Å². The van der Waals surface area contributed by atoms with Gasteiger partial charge in [0.1, 0.15) is 0 Å². The maximum atomic E-state index is 3.52. The summed E-state index contributed by atoms with van der Waals surface area (Å²) in [7, 11) is 0. The maximum Gasteiger partial charge on any atom is -0.00229 e. The first-order chi connectivity index (χ1) is 5.68. The predicted molar refractivity (Wildman–Crippen MR) is 54.2 cm³/mol. The normalized spacial score (nSPS) is 20.0. The van der Waals surface area contributed by atoms with Crippen molar-refractivity contribution in [3.63, 3.8) is 0 Å². The average molecular weight is 169 g/mol. The van der Waals surface area contributed by atoms with E-state index >= 15 is 0 Å². The van der Waals surface area contributed by atoms with Crippen molar-refractivity contribution in [3.8, 4) is 0 Å². The molecule has 0 spiro atoms. The highest BCUT2D eigenvalue weighted by atomic mass is 14.9.